The van der Waals surface area contributed by atoms with Gasteiger partial charge in [-0.3, -0.25) is 9.59 Å². The third kappa shape index (κ3) is 7.22. The number of rotatable bonds is 9. The Labute approximate surface area is 249 Å². The van der Waals surface area contributed by atoms with Crippen LogP contribution in [-0.2, 0) is 21.4 Å². The van der Waals surface area contributed by atoms with E-state index in [1.54, 1.807) is 4.90 Å². The second kappa shape index (κ2) is 12.3. The zero-order chi connectivity index (χ0) is 31.6. The Bertz CT molecular complexity index is 1800. The number of halogens is 5. The van der Waals surface area contributed by atoms with Gasteiger partial charge in [0.25, 0.3) is 5.56 Å². The Morgan fingerprint density at radius 3 is 2.39 bits per heavy atom. The third-order valence-corrected chi connectivity index (χ3v) is 9.23. The van der Waals surface area contributed by atoms with E-state index in [0.717, 1.165) is 39.9 Å². The summed E-state index contributed by atoms with van der Waals surface area (Å²) in [5.74, 6) is -1.42. The summed E-state index contributed by atoms with van der Waals surface area (Å²) in [7, 11) is -4.41. The summed E-state index contributed by atoms with van der Waals surface area (Å²) in [5, 5.41) is 7.37. The lowest BCUT2D eigenvalue weighted by Gasteiger charge is -2.39. The highest BCUT2D eigenvalue weighted by Gasteiger charge is 2.41. The minimum Gasteiger partial charge on any atom is -0.435 e. The number of amides is 1. The highest BCUT2D eigenvalue weighted by molar-refractivity contribution is 7.89. The fraction of sp³-hybridized carbons (Fsp3) is 0.280. The maximum absolute atomic E-state index is 13.6. The van der Waals surface area contributed by atoms with E-state index in [-0.39, 0.29) is 41.8 Å². The number of piperazine rings is 1. The molecule has 0 radical (unpaired) electrons. The first-order chi connectivity index (χ1) is 20.8. The molecule has 0 unspecified atom stereocenters. The number of anilines is 1. The number of alkyl halides is 5. The SMILES string of the molecule is O=C(NCc1ccc(OC(F)F)cc1)[C@H]1CN(c2nn3ccc(=O)nc3s2)CCN1S(=O)(=O)c1ccc(OC(F)(F)F)cc1. The first kappa shape index (κ1) is 31.1. The molecule has 2 aromatic heterocycles. The Hall–Kier alpha value is -4.36. The number of hydrogen-bond acceptors (Lipinski definition) is 10. The van der Waals surface area contributed by atoms with E-state index in [1.165, 1.54) is 41.0 Å². The van der Waals surface area contributed by atoms with Gasteiger partial charge in [-0.05, 0) is 42.0 Å². The van der Waals surface area contributed by atoms with Crippen molar-refractivity contribution in [3.8, 4) is 11.5 Å². The summed E-state index contributed by atoms with van der Waals surface area (Å²) in [6.45, 7) is -3.40. The van der Waals surface area contributed by atoms with Crippen LogP contribution in [0.5, 0.6) is 11.5 Å². The molecule has 234 valence electrons. The molecule has 1 aliphatic rings. The number of carbonyl (C=O) groups excluding carboxylic acids is 1. The van der Waals surface area contributed by atoms with Crippen molar-refractivity contribution in [2.24, 2.45) is 0 Å². The number of nitrogens with zero attached hydrogens (tertiary/aromatic N) is 5. The molecule has 5 rings (SSSR count). The van der Waals surface area contributed by atoms with Gasteiger partial charge in [0, 0.05) is 38.4 Å². The summed E-state index contributed by atoms with van der Waals surface area (Å²) in [4.78, 5) is 30.6. The van der Waals surface area contributed by atoms with Crippen molar-refractivity contribution in [1.29, 1.82) is 0 Å². The van der Waals surface area contributed by atoms with E-state index in [1.807, 2.05) is 0 Å². The number of carbonyl (C=O) groups is 1. The van der Waals surface area contributed by atoms with Gasteiger partial charge >= 0.3 is 13.0 Å². The largest absolute Gasteiger partial charge is 0.573 e. The van der Waals surface area contributed by atoms with Gasteiger partial charge in [-0.1, -0.05) is 23.5 Å². The number of ether oxygens (including phenoxy) is 2. The fourth-order valence-corrected chi connectivity index (χ4v) is 6.82. The Morgan fingerprint density at radius 1 is 1.05 bits per heavy atom. The first-order valence-corrected chi connectivity index (χ1v) is 14.8. The molecule has 44 heavy (non-hydrogen) atoms. The lowest BCUT2D eigenvalue weighted by molar-refractivity contribution is -0.274. The van der Waals surface area contributed by atoms with E-state index in [4.69, 9.17) is 0 Å². The van der Waals surface area contributed by atoms with E-state index in [2.05, 4.69) is 24.9 Å². The molecule has 1 fully saturated rings. The molecule has 1 atom stereocenters. The zero-order valence-electron chi connectivity index (χ0n) is 22.1. The van der Waals surface area contributed by atoms with Crippen LogP contribution in [0.25, 0.3) is 4.96 Å². The van der Waals surface area contributed by atoms with Crippen molar-refractivity contribution >= 4 is 37.4 Å². The lowest BCUT2D eigenvalue weighted by Crippen LogP contribution is -2.60. The predicted octanol–water partition coefficient (Wildman–Crippen LogP) is 2.85. The highest BCUT2D eigenvalue weighted by Crippen LogP contribution is 2.29. The fourth-order valence-electron chi connectivity index (χ4n) is 4.33. The van der Waals surface area contributed by atoms with Crippen LogP contribution in [-0.4, -0.2) is 71.9 Å². The Morgan fingerprint density at radius 2 is 1.73 bits per heavy atom. The van der Waals surface area contributed by atoms with Crippen LogP contribution in [0.3, 0.4) is 0 Å². The van der Waals surface area contributed by atoms with Crippen LogP contribution in [0.4, 0.5) is 27.1 Å². The molecule has 1 saturated heterocycles. The monoisotopic (exact) mass is 660 g/mol. The van der Waals surface area contributed by atoms with E-state index >= 15 is 0 Å². The maximum Gasteiger partial charge on any atom is 0.573 e. The summed E-state index contributed by atoms with van der Waals surface area (Å²) in [6.07, 6.45) is -3.56. The standard InChI is InChI=1S/C25H21F5N6O6S2/c26-22(27)41-16-3-1-15(2-4-16)13-31-21(38)19-14-34(24-33-35-10-9-20(37)32-23(35)43-24)11-12-36(19)44(39,40)18-7-5-17(6-8-18)42-25(28,29)30/h1-10,19,22H,11-14H2,(H,31,38)/t19-/m1/s1. The van der Waals surface area contributed by atoms with Crippen molar-refractivity contribution in [1.82, 2.24) is 24.2 Å². The van der Waals surface area contributed by atoms with Gasteiger partial charge in [0.2, 0.25) is 26.0 Å². The van der Waals surface area contributed by atoms with Crippen LogP contribution in [0.2, 0.25) is 0 Å². The molecule has 1 amide bonds. The molecule has 3 heterocycles. The van der Waals surface area contributed by atoms with Crippen molar-refractivity contribution in [2.45, 2.75) is 30.5 Å². The normalized spacial score (nSPS) is 16.3. The van der Waals surface area contributed by atoms with E-state index < -0.39 is 46.3 Å². The van der Waals surface area contributed by atoms with Crippen LogP contribution in [0.15, 0.2) is 70.5 Å². The molecular weight excluding hydrogens is 639 g/mol. The lowest BCUT2D eigenvalue weighted by atomic mass is 10.2. The van der Waals surface area contributed by atoms with Crippen molar-refractivity contribution < 1.29 is 44.6 Å². The molecular formula is C25H21F5N6O6S2. The topological polar surface area (TPSA) is 135 Å². The van der Waals surface area contributed by atoms with Gasteiger partial charge in [-0.15, -0.1) is 18.3 Å². The van der Waals surface area contributed by atoms with Gasteiger partial charge in [0.15, 0.2) is 0 Å². The number of fused-ring (bicyclic) bond motifs is 1. The highest BCUT2D eigenvalue weighted by atomic mass is 32.2. The molecule has 0 saturated carbocycles. The quantitative estimate of drug-likeness (QED) is 0.269. The predicted molar refractivity (Wildman–Crippen MR) is 145 cm³/mol. The molecule has 4 aromatic rings. The van der Waals surface area contributed by atoms with Crippen LogP contribution in [0.1, 0.15) is 5.56 Å². The molecule has 12 nitrogen and oxygen atoms in total. The first-order valence-electron chi connectivity index (χ1n) is 12.6. The maximum atomic E-state index is 13.6. The number of aromatic nitrogens is 3. The Kier molecular flexibility index (Phi) is 8.71. The van der Waals surface area contributed by atoms with Gasteiger partial charge < -0.3 is 19.7 Å². The van der Waals surface area contributed by atoms with Crippen LogP contribution < -0.4 is 25.2 Å². The zero-order valence-corrected chi connectivity index (χ0v) is 23.8. The van der Waals surface area contributed by atoms with Crippen LogP contribution >= 0.6 is 11.3 Å². The van der Waals surface area contributed by atoms with Gasteiger partial charge in [0.05, 0.1) is 4.90 Å². The second-order valence-corrected chi connectivity index (χ2v) is 12.0. The molecule has 2 aromatic carbocycles. The number of hydrogen-bond donors (Lipinski definition) is 1. The van der Waals surface area contributed by atoms with Crippen molar-refractivity contribution in [3.05, 3.63) is 76.7 Å². The van der Waals surface area contributed by atoms with E-state index in [9.17, 15) is 40.0 Å². The van der Waals surface area contributed by atoms with Crippen molar-refractivity contribution in [2.75, 3.05) is 24.5 Å². The van der Waals surface area contributed by atoms with Gasteiger partial charge in [0.1, 0.15) is 17.5 Å². The molecule has 0 bridgehead atoms. The molecule has 19 heteroatoms. The average Bonchev–Trinajstić information content (AvgIpc) is 3.39. The van der Waals surface area contributed by atoms with E-state index in [0.29, 0.717) is 10.7 Å². The summed E-state index contributed by atoms with van der Waals surface area (Å²) in [6, 6.07) is 8.92. The summed E-state index contributed by atoms with van der Waals surface area (Å²) < 4.78 is 100. The Balaban J connectivity index is 1.39. The minimum absolute atomic E-state index is 0.0779. The third-order valence-electron chi connectivity index (χ3n) is 6.32. The summed E-state index contributed by atoms with van der Waals surface area (Å²) >= 11 is 1.05. The van der Waals surface area contributed by atoms with Gasteiger partial charge in [-0.25, -0.2) is 12.9 Å². The molecule has 0 aliphatic carbocycles. The molecule has 1 N–H and O–H groups in total. The number of benzene rings is 2. The average molecular weight is 661 g/mol. The van der Waals surface area contributed by atoms with Crippen molar-refractivity contribution in [3.63, 3.8) is 0 Å². The molecule has 1 aliphatic heterocycles. The summed E-state index contributed by atoms with van der Waals surface area (Å²) in [5.41, 5.74) is 0.0261. The number of nitrogens with one attached hydrogen (secondary N) is 1. The van der Waals surface area contributed by atoms with Gasteiger partial charge in [-0.2, -0.15) is 18.1 Å². The second-order valence-electron chi connectivity index (χ2n) is 9.21. The smallest absolute Gasteiger partial charge is 0.435 e. The van der Waals surface area contributed by atoms with Crippen LogP contribution in [0, 0.1) is 0 Å². The number of sulfonamides is 1. The molecule has 0 spiro atoms. The minimum atomic E-state index is -4.97.